The minimum atomic E-state index is -4.76. The Kier molecular flexibility index (Phi) is 5.52. The molecule has 2 nitrogen and oxygen atoms in total. The fraction of sp³-hybridized carbons (Fsp3) is 0.400. The van der Waals surface area contributed by atoms with Crippen LogP contribution in [0.1, 0.15) is 17.2 Å². The Morgan fingerprint density at radius 2 is 1.61 bits per heavy atom. The molecule has 0 saturated heterocycles. The third-order valence-corrected chi connectivity index (χ3v) is 2.27. The molecule has 0 aliphatic heterocycles. The number of aliphatic hydroxyl groups is 1. The highest BCUT2D eigenvalue weighted by atomic mass is 35.5. The lowest BCUT2D eigenvalue weighted by atomic mass is 9.96. The van der Waals surface area contributed by atoms with Gasteiger partial charge in [-0.15, -0.1) is 12.4 Å². The fourth-order valence-electron chi connectivity index (χ4n) is 1.35. The van der Waals surface area contributed by atoms with E-state index in [0.29, 0.717) is 6.07 Å². The number of alkyl halides is 5. The highest BCUT2D eigenvalue weighted by Crippen LogP contribution is 2.38. The third-order valence-electron chi connectivity index (χ3n) is 2.27. The van der Waals surface area contributed by atoms with Crippen LogP contribution in [-0.4, -0.2) is 17.6 Å². The van der Waals surface area contributed by atoms with Crippen LogP contribution in [0.3, 0.4) is 0 Å². The van der Waals surface area contributed by atoms with Crippen molar-refractivity contribution in [2.75, 3.05) is 6.61 Å². The van der Waals surface area contributed by atoms with E-state index in [4.69, 9.17) is 10.8 Å². The smallest absolute Gasteiger partial charge is 0.390 e. The summed E-state index contributed by atoms with van der Waals surface area (Å²) in [5.41, 5.74) is 3.11. The van der Waals surface area contributed by atoms with Gasteiger partial charge in [0.05, 0.1) is 11.6 Å². The second-order valence-corrected chi connectivity index (χ2v) is 3.48. The van der Waals surface area contributed by atoms with Crippen molar-refractivity contribution in [3.63, 3.8) is 0 Å². The Morgan fingerprint density at radius 1 is 1.11 bits per heavy atom. The molecular weight excluding hydrogens is 281 g/mol. The molecule has 3 N–H and O–H groups in total. The van der Waals surface area contributed by atoms with Gasteiger partial charge in [0.15, 0.2) is 0 Å². The highest BCUT2D eigenvalue weighted by Gasteiger charge is 2.42. The van der Waals surface area contributed by atoms with Crippen LogP contribution in [0.15, 0.2) is 24.3 Å². The Balaban J connectivity index is 0.00000289. The first-order valence-electron chi connectivity index (χ1n) is 4.60. The quantitative estimate of drug-likeness (QED) is 0.841. The van der Waals surface area contributed by atoms with E-state index in [-0.39, 0.29) is 12.4 Å². The fourth-order valence-corrected chi connectivity index (χ4v) is 1.35. The van der Waals surface area contributed by atoms with Gasteiger partial charge in [-0.05, 0) is 11.6 Å². The Bertz CT molecular complexity index is 396. The number of halogens is 6. The average Bonchev–Trinajstić information content (AvgIpc) is 2.27. The molecule has 0 saturated carbocycles. The summed E-state index contributed by atoms with van der Waals surface area (Å²) in [7, 11) is 0. The average molecular weight is 292 g/mol. The second kappa shape index (κ2) is 5.81. The van der Waals surface area contributed by atoms with Gasteiger partial charge in [-0.25, -0.2) is 8.78 Å². The minimum absolute atomic E-state index is 0. The summed E-state index contributed by atoms with van der Waals surface area (Å²) in [6.07, 6.45) is -4.76. The van der Waals surface area contributed by atoms with Gasteiger partial charge in [-0.2, -0.15) is 13.2 Å². The molecule has 0 heterocycles. The largest absolute Gasteiger partial charge is 0.416 e. The van der Waals surface area contributed by atoms with E-state index >= 15 is 0 Å². The predicted molar refractivity (Wildman–Crippen MR) is 57.7 cm³/mol. The molecule has 1 atom stereocenters. The van der Waals surface area contributed by atoms with Crippen LogP contribution in [0.4, 0.5) is 22.0 Å². The predicted octanol–water partition coefficient (Wildman–Crippen LogP) is 2.75. The lowest BCUT2D eigenvalue weighted by Crippen LogP contribution is -2.37. The molecule has 0 bridgehead atoms. The van der Waals surface area contributed by atoms with Crippen LogP contribution in [0.25, 0.3) is 0 Å². The SMILES string of the molecule is Cl.N[C@H](c1ccccc1C(F)(F)F)C(F)(F)CO. The summed E-state index contributed by atoms with van der Waals surface area (Å²) in [5.74, 6) is -3.80. The monoisotopic (exact) mass is 291 g/mol. The van der Waals surface area contributed by atoms with Crippen LogP contribution >= 0.6 is 12.4 Å². The van der Waals surface area contributed by atoms with E-state index in [1.165, 1.54) is 6.07 Å². The summed E-state index contributed by atoms with van der Waals surface area (Å²) in [5, 5.41) is 8.41. The molecular formula is C10H11ClF5NO. The van der Waals surface area contributed by atoms with Crippen LogP contribution in [0, 0.1) is 0 Å². The lowest BCUT2D eigenvalue weighted by Gasteiger charge is -2.24. The first kappa shape index (κ1) is 17.1. The summed E-state index contributed by atoms with van der Waals surface area (Å²) in [6.45, 7) is -1.61. The highest BCUT2D eigenvalue weighted by molar-refractivity contribution is 5.85. The number of hydrogen-bond acceptors (Lipinski definition) is 2. The van der Waals surface area contributed by atoms with Crippen molar-refractivity contribution in [2.45, 2.75) is 18.1 Å². The number of benzene rings is 1. The Labute approximate surface area is 106 Å². The lowest BCUT2D eigenvalue weighted by molar-refractivity contribution is -0.139. The molecule has 0 fully saturated rings. The molecule has 1 aromatic carbocycles. The third kappa shape index (κ3) is 3.54. The number of rotatable bonds is 3. The van der Waals surface area contributed by atoms with Crippen LogP contribution in [0.5, 0.6) is 0 Å². The normalized spacial score (nSPS) is 13.9. The van der Waals surface area contributed by atoms with Gasteiger partial charge in [0.1, 0.15) is 6.61 Å². The zero-order valence-corrected chi connectivity index (χ0v) is 9.73. The van der Waals surface area contributed by atoms with Crippen molar-refractivity contribution in [1.29, 1.82) is 0 Å². The number of nitrogens with two attached hydrogens (primary N) is 1. The standard InChI is InChI=1S/C10H10F5NO.ClH/c11-9(12,5-17)8(16)6-3-1-2-4-7(6)10(13,14)15;/h1-4,8,17H,5,16H2;1H/t8-;/m1./s1. The van der Waals surface area contributed by atoms with Gasteiger partial charge in [-0.3, -0.25) is 0 Å². The molecule has 0 aliphatic rings. The van der Waals surface area contributed by atoms with Crippen molar-refractivity contribution in [3.8, 4) is 0 Å². The molecule has 1 aromatic rings. The van der Waals surface area contributed by atoms with Gasteiger partial charge in [0.25, 0.3) is 5.92 Å². The maximum atomic E-state index is 13.1. The van der Waals surface area contributed by atoms with Crippen molar-refractivity contribution in [2.24, 2.45) is 5.73 Å². The van der Waals surface area contributed by atoms with Crippen molar-refractivity contribution in [3.05, 3.63) is 35.4 Å². The van der Waals surface area contributed by atoms with Crippen molar-refractivity contribution in [1.82, 2.24) is 0 Å². The Hall–Kier alpha value is -0.920. The van der Waals surface area contributed by atoms with Gasteiger partial charge in [-0.1, -0.05) is 18.2 Å². The van der Waals surface area contributed by atoms with Crippen molar-refractivity contribution < 1.29 is 27.1 Å². The van der Waals surface area contributed by atoms with E-state index in [0.717, 1.165) is 12.1 Å². The maximum absolute atomic E-state index is 13.1. The van der Waals surface area contributed by atoms with E-state index < -0.39 is 35.9 Å². The van der Waals surface area contributed by atoms with Crippen LogP contribution in [-0.2, 0) is 6.18 Å². The van der Waals surface area contributed by atoms with E-state index in [2.05, 4.69) is 0 Å². The molecule has 0 spiro atoms. The molecule has 104 valence electrons. The maximum Gasteiger partial charge on any atom is 0.416 e. The van der Waals surface area contributed by atoms with E-state index in [9.17, 15) is 22.0 Å². The molecule has 0 aliphatic carbocycles. The van der Waals surface area contributed by atoms with Gasteiger partial charge in [0.2, 0.25) is 0 Å². The number of aliphatic hydroxyl groups excluding tert-OH is 1. The molecule has 1 rings (SSSR count). The summed E-state index contributed by atoms with van der Waals surface area (Å²) >= 11 is 0. The molecule has 0 amide bonds. The minimum Gasteiger partial charge on any atom is -0.390 e. The first-order valence-corrected chi connectivity index (χ1v) is 4.60. The van der Waals surface area contributed by atoms with Gasteiger partial charge in [0, 0.05) is 0 Å². The molecule has 0 aromatic heterocycles. The number of hydrogen-bond donors (Lipinski definition) is 2. The van der Waals surface area contributed by atoms with Gasteiger partial charge < -0.3 is 10.8 Å². The summed E-state index contributed by atoms with van der Waals surface area (Å²) < 4.78 is 63.7. The first-order chi connectivity index (χ1) is 7.70. The molecule has 0 unspecified atom stereocenters. The molecule has 8 heteroatoms. The van der Waals surface area contributed by atoms with Gasteiger partial charge >= 0.3 is 6.18 Å². The summed E-state index contributed by atoms with van der Waals surface area (Å²) in [6, 6.07) is 1.60. The zero-order valence-electron chi connectivity index (χ0n) is 8.92. The molecule has 0 radical (unpaired) electrons. The molecule has 18 heavy (non-hydrogen) atoms. The van der Waals surface area contributed by atoms with E-state index in [1.807, 2.05) is 0 Å². The van der Waals surface area contributed by atoms with Crippen molar-refractivity contribution >= 4 is 12.4 Å². The van der Waals surface area contributed by atoms with E-state index in [1.54, 1.807) is 0 Å². The second-order valence-electron chi connectivity index (χ2n) is 3.48. The van der Waals surface area contributed by atoms with Crippen LogP contribution < -0.4 is 5.73 Å². The van der Waals surface area contributed by atoms with Crippen LogP contribution in [0.2, 0.25) is 0 Å². The summed E-state index contributed by atoms with van der Waals surface area (Å²) in [4.78, 5) is 0. The zero-order chi connectivity index (χ0) is 13.3. The topological polar surface area (TPSA) is 46.2 Å². The Morgan fingerprint density at radius 3 is 2.06 bits per heavy atom.